The van der Waals surface area contributed by atoms with Crippen molar-refractivity contribution < 1.29 is 42.3 Å². The fraction of sp³-hybridized carbons (Fsp3) is 0.500. The van der Waals surface area contributed by atoms with Crippen LogP contribution >= 0.6 is 0 Å². The van der Waals surface area contributed by atoms with E-state index >= 15 is 0 Å². The van der Waals surface area contributed by atoms with Crippen LogP contribution < -0.4 is 4.74 Å². The van der Waals surface area contributed by atoms with E-state index in [4.69, 9.17) is 42.3 Å². The number of methoxy groups -OCH3 is 1. The highest BCUT2D eigenvalue weighted by molar-refractivity contribution is 6.74. The van der Waals surface area contributed by atoms with Crippen LogP contribution in [0.2, 0.25) is 18.1 Å². The van der Waals surface area contributed by atoms with Crippen LogP contribution in [0.1, 0.15) is 68.7 Å². The fourth-order valence-electron chi connectivity index (χ4n) is 8.02. The van der Waals surface area contributed by atoms with E-state index < -0.39 is 8.32 Å². The summed E-state index contributed by atoms with van der Waals surface area (Å²) in [5.74, 6) is 7.82. The van der Waals surface area contributed by atoms with Crippen molar-refractivity contribution in [2.75, 3.05) is 20.3 Å². The van der Waals surface area contributed by atoms with Gasteiger partial charge in [-0.15, -0.1) is 0 Å². The molecule has 0 aromatic heterocycles. The number of benzene rings is 4. The smallest absolute Gasteiger partial charge is 0.192 e. The lowest BCUT2D eigenvalue weighted by Gasteiger charge is -2.47. The van der Waals surface area contributed by atoms with Crippen LogP contribution in [0.4, 0.5) is 0 Å². The highest BCUT2D eigenvalue weighted by Crippen LogP contribution is 2.40. The molecule has 0 N–H and O–H groups in total. The summed E-state index contributed by atoms with van der Waals surface area (Å²) in [6, 6.07) is 38.7. The maximum absolute atomic E-state index is 7.13. The summed E-state index contributed by atoms with van der Waals surface area (Å²) in [4.78, 5) is 0. The lowest BCUT2D eigenvalue weighted by atomic mass is 9.89. The normalized spacial score (nSPS) is 26.5. The van der Waals surface area contributed by atoms with E-state index in [0.717, 1.165) is 34.4 Å². The first kappa shape index (κ1) is 46.1. The van der Waals surface area contributed by atoms with E-state index in [9.17, 15) is 0 Å². The highest BCUT2D eigenvalue weighted by Gasteiger charge is 2.48. The Morgan fingerprint density at radius 1 is 0.645 bits per heavy atom. The van der Waals surface area contributed by atoms with Crippen molar-refractivity contribution in [2.24, 2.45) is 0 Å². The molecule has 9 atom stereocenters. The number of fused-ring (bicyclic) bond motifs is 1. The standard InChI is InChI=1S/C52H66O9Si/c1-52(2,3)62(5,6)61-51-44(55-30-29-45(51)56-34-39-19-12-8-13-20-39)24-16-23-43-31-47(58-36-41-25-27-42(53-4)28-26-41)50-48(59-43)32-46(57-35-40-21-14-9-15-22-40)49(60-50)37-54-33-38-17-10-7-11-18-38/h7-15,17-22,25-28,43-51H,24,29-37H2,1-6H3/t43-,44+,45-,46+,47+,48+,49+,50-,51+/m0/s1. The van der Waals surface area contributed by atoms with Gasteiger partial charge in [-0.05, 0) is 58.9 Å². The Morgan fingerprint density at radius 2 is 1.21 bits per heavy atom. The lowest BCUT2D eigenvalue weighted by molar-refractivity contribution is -0.267. The minimum absolute atomic E-state index is 0.0235. The first-order valence-electron chi connectivity index (χ1n) is 22.3. The van der Waals surface area contributed by atoms with Crippen molar-refractivity contribution in [1.82, 2.24) is 0 Å². The molecule has 0 radical (unpaired) electrons. The molecule has 0 bridgehead atoms. The fourth-order valence-corrected chi connectivity index (χ4v) is 9.36. The molecule has 4 aromatic rings. The summed E-state index contributed by atoms with van der Waals surface area (Å²) >= 11 is 0. The Kier molecular flexibility index (Phi) is 16.5. The van der Waals surface area contributed by atoms with Gasteiger partial charge in [0.2, 0.25) is 0 Å². The first-order chi connectivity index (χ1) is 30.0. The van der Waals surface area contributed by atoms with Crippen molar-refractivity contribution in [3.05, 3.63) is 138 Å². The van der Waals surface area contributed by atoms with Gasteiger partial charge in [-0.25, -0.2) is 0 Å². The third-order valence-electron chi connectivity index (χ3n) is 12.6. The molecule has 0 amide bonds. The molecule has 0 aliphatic carbocycles. The van der Waals surface area contributed by atoms with Gasteiger partial charge in [-0.1, -0.05) is 136 Å². The van der Waals surface area contributed by atoms with Gasteiger partial charge in [0.1, 0.15) is 24.1 Å². The van der Waals surface area contributed by atoms with Crippen LogP contribution in [0.5, 0.6) is 5.75 Å². The van der Waals surface area contributed by atoms with E-state index in [2.05, 4.69) is 82.1 Å². The van der Waals surface area contributed by atoms with Gasteiger partial charge in [-0.2, -0.15) is 0 Å². The summed E-state index contributed by atoms with van der Waals surface area (Å²) in [6.45, 7) is 14.2. The predicted molar refractivity (Wildman–Crippen MR) is 243 cm³/mol. The monoisotopic (exact) mass is 862 g/mol. The number of ether oxygens (including phenoxy) is 8. The van der Waals surface area contributed by atoms with Crippen LogP contribution in [0.25, 0.3) is 0 Å². The Bertz CT molecular complexity index is 1980. The average Bonchev–Trinajstić information content (AvgIpc) is 3.28. The Labute approximate surface area is 370 Å². The first-order valence-corrected chi connectivity index (χ1v) is 25.2. The van der Waals surface area contributed by atoms with Gasteiger partial charge < -0.3 is 42.3 Å². The molecule has 7 rings (SSSR count). The molecular weight excluding hydrogens is 797 g/mol. The zero-order valence-corrected chi connectivity index (χ0v) is 38.4. The SMILES string of the molecule is COc1ccc(CO[C@@H]2C[C@H](C#CC[C@H]3OCC[C@H](OCc4ccccc4)[C@@H]3O[Si](C)(C)C(C)(C)C)O[C@@H]3C[C@@H](OCc4ccccc4)[C@@H](COCc4ccccc4)O[C@@H]23)cc1. The van der Waals surface area contributed by atoms with Crippen molar-refractivity contribution in [1.29, 1.82) is 0 Å². The molecule has 0 spiro atoms. The van der Waals surface area contributed by atoms with Gasteiger partial charge in [0.15, 0.2) is 8.32 Å². The summed E-state index contributed by atoms with van der Waals surface area (Å²) in [7, 11) is -0.512. The zero-order valence-electron chi connectivity index (χ0n) is 37.4. The molecule has 4 aromatic carbocycles. The highest BCUT2D eigenvalue weighted by atomic mass is 28.4. The second-order valence-electron chi connectivity index (χ2n) is 18.2. The molecule has 0 unspecified atom stereocenters. The van der Waals surface area contributed by atoms with Crippen LogP contribution in [-0.4, -0.2) is 83.6 Å². The maximum atomic E-state index is 7.13. The van der Waals surface area contributed by atoms with Crippen molar-refractivity contribution in [2.45, 2.75) is 146 Å². The molecule has 3 fully saturated rings. The zero-order chi connectivity index (χ0) is 43.4. The topological polar surface area (TPSA) is 83.1 Å². The maximum Gasteiger partial charge on any atom is 0.192 e. The minimum Gasteiger partial charge on any atom is -0.497 e. The Morgan fingerprint density at radius 3 is 1.81 bits per heavy atom. The molecule has 3 aliphatic heterocycles. The van der Waals surface area contributed by atoms with Gasteiger partial charge >= 0.3 is 0 Å². The molecule has 10 heteroatoms. The van der Waals surface area contributed by atoms with Crippen molar-refractivity contribution in [3.63, 3.8) is 0 Å². The summed E-state index contributed by atoms with van der Waals surface area (Å²) in [6.07, 6.45) is -0.0338. The average molecular weight is 863 g/mol. The Balaban J connectivity index is 1.08. The number of hydrogen-bond acceptors (Lipinski definition) is 9. The van der Waals surface area contributed by atoms with Crippen LogP contribution in [0.15, 0.2) is 115 Å². The van der Waals surface area contributed by atoms with Gasteiger partial charge in [0, 0.05) is 25.9 Å². The largest absolute Gasteiger partial charge is 0.497 e. The molecule has 3 aliphatic rings. The molecule has 332 valence electrons. The van der Waals surface area contributed by atoms with E-state index in [1.165, 1.54) is 0 Å². The van der Waals surface area contributed by atoms with E-state index in [1.54, 1.807) is 7.11 Å². The number of rotatable bonds is 17. The third kappa shape index (κ3) is 12.9. The minimum atomic E-state index is -2.19. The second-order valence-corrected chi connectivity index (χ2v) is 23.0. The quantitative estimate of drug-likeness (QED) is 0.0762. The summed E-state index contributed by atoms with van der Waals surface area (Å²) in [5.41, 5.74) is 4.40. The number of hydrogen-bond donors (Lipinski definition) is 0. The van der Waals surface area contributed by atoms with Gasteiger partial charge in [0.05, 0.1) is 76.8 Å². The predicted octanol–water partition coefficient (Wildman–Crippen LogP) is 9.86. The lowest BCUT2D eigenvalue weighted by Crippen LogP contribution is -2.59. The van der Waals surface area contributed by atoms with E-state index in [-0.39, 0.29) is 60.0 Å². The molecule has 0 saturated carbocycles. The third-order valence-corrected chi connectivity index (χ3v) is 17.1. The molecule has 3 heterocycles. The summed E-state index contributed by atoms with van der Waals surface area (Å²) in [5, 5.41) is 0.0235. The van der Waals surface area contributed by atoms with E-state index in [1.807, 2.05) is 78.9 Å². The molecule has 62 heavy (non-hydrogen) atoms. The molecule has 9 nitrogen and oxygen atoms in total. The Hall–Kier alpha value is -3.86. The van der Waals surface area contributed by atoms with Gasteiger partial charge in [0.25, 0.3) is 0 Å². The van der Waals surface area contributed by atoms with Crippen molar-refractivity contribution >= 4 is 8.32 Å². The molecular formula is C52H66O9Si. The van der Waals surface area contributed by atoms with Crippen molar-refractivity contribution in [3.8, 4) is 17.6 Å². The van der Waals surface area contributed by atoms with Gasteiger partial charge in [-0.3, -0.25) is 0 Å². The van der Waals surface area contributed by atoms with E-state index in [0.29, 0.717) is 58.9 Å². The van der Waals surface area contributed by atoms with Crippen LogP contribution in [0.3, 0.4) is 0 Å². The van der Waals surface area contributed by atoms with Crippen LogP contribution in [-0.2, 0) is 64.0 Å². The summed E-state index contributed by atoms with van der Waals surface area (Å²) < 4.78 is 59.1. The second kappa shape index (κ2) is 22.2. The molecule has 3 saturated heterocycles. The van der Waals surface area contributed by atoms with Crippen LogP contribution in [0, 0.1) is 11.8 Å².